The molecule has 1 heteroatoms. The van der Waals surface area contributed by atoms with Crippen LogP contribution < -0.4 is 5.32 Å². The fourth-order valence-electron chi connectivity index (χ4n) is 2.11. The van der Waals surface area contributed by atoms with Crippen LogP contribution in [0.15, 0.2) is 0 Å². The van der Waals surface area contributed by atoms with E-state index in [0.717, 1.165) is 5.92 Å². The maximum absolute atomic E-state index is 3.44. The van der Waals surface area contributed by atoms with Crippen LogP contribution in [0.1, 0.15) is 53.9 Å². The SMILES string of the molecule is CC(C)(C)C(C)(C)CC1CCNCC1. The molecular weight excluding hydrogens is 170 g/mol. The van der Waals surface area contributed by atoms with Crippen LogP contribution in [0.2, 0.25) is 0 Å². The van der Waals surface area contributed by atoms with Gasteiger partial charge in [-0.25, -0.2) is 0 Å². The van der Waals surface area contributed by atoms with Crippen LogP contribution in [-0.4, -0.2) is 13.1 Å². The first-order valence-electron chi connectivity index (χ1n) is 6.04. The zero-order valence-corrected chi connectivity index (χ0v) is 10.6. The van der Waals surface area contributed by atoms with E-state index in [9.17, 15) is 0 Å². The van der Waals surface area contributed by atoms with Gasteiger partial charge in [0.2, 0.25) is 0 Å². The minimum Gasteiger partial charge on any atom is -0.317 e. The highest BCUT2D eigenvalue weighted by Crippen LogP contribution is 2.44. The summed E-state index contributed by atoms with van der Waals surface area (Å²) in [5, 5.41) is 3.44. The molecule has 0 radical (unpaired) electrons. The van der Waals surface area contributed by atoms with E-state index in [4.69, 9.17) is 0 Å². The Kier molecular flexibility index (Phi) is 3.63. The second-order valence-corrected chi connectivity index (χ2v) is 6.53. The molecule has 1 aliphatic rings. The topological polar surface area (TPSA) is 12.0 Å². The molecule has 0 bridgehead atoms. The highest BCUT2D eigenvalue weighted by molar-refractivity contribution is 4.85. The van der Waals surface area contributed by atoms with Crippen molar-refractivity contribution in [1.82, 2.24) is 5.32 Å². The molecule has 1 fully saturated rings. The Hall–Kier alpha value is -0.0400. The van der Waals surface area contributed by atoms with Crippen molar-refractivity contribution in [2.24, 2.45) is 16.7 Å². The van der Waals surface area contributed by atoms with E-state index in [1.54, 1.807) is 0 Å². The maximum Gasteiger partial charge on any atom is -0.00463 e. The van der Waals surface area contributed by atoms with Gasteiger partial charge in [0.25, 0.3) is 0 Å². The predicted octanol–water partition coefficient (Wildman–Crippen LogP) is 3.45. The van der Waals surface area contributed by atoms with Crippen LogP contribution in [0.3, 0.4) is 0 Å². The Bertz CT molecular complexity index is 170. The zero-order valence-electron chi connectivity index (χ0n) is 10.6. The monoisotopic (exact) mass is 197 g/mol. The lowest BCUT2D eigenvalue weighted by atomic mass is 9.64. The second kappa shape index (κ2) is 4.22. The van der Waals surface area contributed by atoms with Crippen LogP contribution in [0.4, 0.5) is 0 Å². The molecule has 0 spiro atoms. The summed E-state index contributed by atoms with van der Waals surface area (Å²) in [6, 6.07) is 0. The molecule has 1 aliphatic heterocycles. The van der Waals surface area contributed by atoms with Gasteiger partial charge in [0.1, 0.15) is 0 Å². The highest BCUT2D eigenvalue weighted by atomic mass is 14.9. The summed E-state index contributed by atoms with van der Waals surface area (Å²) in [7, 11) is 0. The van der Waals surface area contributed by atoms with Gasteiger partial charge in [-0.05, 0) is 49.1 Å². The molecule has 1 saturated heterocycles. The van der Waals surface area contributed by atoms with Crippen molar-refractivity contribution in [3.63, 3.8) is 0 Å². The lowest BCUT2D eigenvalue weighted by molar-refractivity contribution is 0.0868. The fourth-order valence-corrected chi connectivity index (χ4v) is 2.11. The third kappa shape index (κ3) is 2.98. The number of hydrogen-bond donors (Lipinski definition) is 1. The number of nitrogens with one attached hydrogen (secondary N) is 1. The highest BCUT2D eigenvalue weighted by Gasteiger charge is 2.34. The quantitative estimate of drug-likeness (QED) is 0.715. The van der Waals surface area contributed by atoms with Crippen molar-refractivity contribution in [3.05, 3.63) is 0 Å². The van der Waals surface area contributed by atoms with E-state index in [-0.39, 0.29) is 0 Å². The molecule has 0 unspecified atom stereocenters. The number of hydrogen-bond acceptors (Lipinski definition) is 1. The van der Waals surface area contributed by atoms with Crippen LogP contribution in [0.25, 0.3) is 0 Å². The van der Waals surface area contributed by atoms with E-state index in [2.05, 4.69) is 39.9 Å². The Morgan fingerprint density at radius 1 is 1.00 bits per heavy atom. The van der Waals surface area contributed by atoms with E-state index in [0.29, 0.717) is 10.8 Å². The van der Waals surface area contributed by atoms with Gasteiger partial charge in [-0.15, -0.1) is 0 Å². The van der Waals surface area contributed by atoms with Crippen molar-refractivity contribution in [1.29, 1.82) is 0 Å². The first-order chi connectivity index (χ1) is 6.33. The molecular formula is C13H27N. The molecule has 0 saturated carbocycles. The normalized spacial score (nSPS) is 21.2. The molecule has 0 amide bonds. The van der Waals surface area contributed by atoms with Crippen molar-refractivity contribution in [3.8, 4) is 0 Å². The van der Waals surface area contributed by atoms with Gasteiger partial charge >= 0.3 is 0 Å². The van der Waals surface area contributed by atoms with Crippen molar-refractivity contribution in [2.75, 3.05) is 13.1 Å². The minimum atomic E-state index is 0.428. The van der Waals surface area contributed by atoms with Gasteiger partial charge < -0.3 is 5.32 Å². The van der Waals surface area contributed by atoms with Crippen LogP contribution >= 0.6 is 0 Å². The first-order valence-corrected chi connectivity index (χ1v) is 6.04. The number of rotatable bonds is 2. The summed E-state index contributed by atoms with van der Waals surface area (Å²) in [5.74, 6) is 0.950. The molecule has 1 N–H and O–H groups in total. The molecule has 1 heterocycles. The van der Waals surface area contributed by atoms with Crippen LogP contribution in [0.5, 0.6) is 0 Å². The third-order valence-electron chi connectivity index (χ3n) is 4.29. The van der Waals surface area contributed by atoms with Gasteiger partial charge in [0, 0.05) is 0 Å². The van der Waals surface area contributed by atoms with Gasteiger partial charge in [0.15, 0.2) is 0 Å². The molecule has 1 nitrogen and oxygen atoms in total. The molecule has 0 aliphatic carbocycles. The van der Waals surface area contributed by atoms with E-state index in [1.165, 1.54) is 32.4 Å². The van der Waals surface area contributed by atoms with E-state index >= 15 is 0 Å². The second-order valence-electron chi connectivity index (χ2n) is 6.53. The summed E-state index contributed by atoms with van der Waals surface area (Å²) >= 11 is 0. The lowest BCUT2D eigenvalue weighted by Crippen LogP contribution is -2.35. The zero-order chi connectivity index (χ0) is 10.8. The molecule has 0 aromatic carbocycles. The molecule has 0 aromatic heterocycles. The van der Waals surface area contributed by atoms with Gasteiger partial charge in [-0.2, -0.15) is 0 Å². The van der Waals surface area contributed by atoms with Gasteiger partial charge in [-0.3, -0.25) is 0 Å². The summed E-state index contributed by atoms with van der Waals surface area (Å²) in [6.45, 7) is 14.4. The van der Waals surface area contributed by atoms with Crippen LogP contribution in [0, 0.1) is 16.7 Å². The fraction of sp³-hybridized carbons (Fsp3) is 1.00. The summed E-state index contributed by atoms with van der Waals surface area (Å²) in [5.41, 5.74) is 0.896. The lowest BCUT2D eigenvalue weighted by Gasteiger charge is -2.42. The molecule has 14 heavy (non-hydrogen) atoms. The van der Waals surface area contributed by atoms with Crippen molar-refractivity contribution in [2.45, 2.75) is 53.9 Å². The Morgan fingerprint density at radius 3 is 1.93 bits per heavy atom. The predicted molar refractivity (Wildman–Crippen MR) is 63.4 cm³/mol. The minimum absolute atomic E-state index is 0.428. The summed E-state index contributed by atoms with van der Waals surface area (Å²) in [4.78, 5) is 0. The van der Waals surface area contributed by atoms with E-state index < -0.39 is 0 Å². The Morgan fingerprint density at radius 2 is 1.50 bits per heavy atom. The van der Waals surface area contributed by atoms with Crippen molar-refractivity contribution < 1.29 is 0 Å². The summed E-state index contributed by atoms with van der Waals surface area (Å²) in [6.07, 6.45) is 4.14. The maximum atomic E-state index is 3.44. The third-order valence-corrected chi connectivity index (χ3v) is 4.29. The average Bonchev–Trinajstić information content (AvgIpc) is 2.03. The average molecular weight is 197 g/mol. The summed E-state index contributed by atoms with van der Waals surface area (Å²) < 4.78 is 0. The van der Waals surface area contributed by atoms with Gasteiger partial charge in [0.05, 0.1) is 0 Å². The first kappa shape index (κ1) is 12.0. The molecule has 1 rings (SSSR count). The van der Waals surface area contributed by atoms with Crippen molar-refractivity contribution >= 4 is 0 Å². The molecule has 0 aromatic rings. The number of piperidine rings is 1. The van der Waals surface area contributed by atoms with Gasteiger partial charge in [-0.1, -0.05) is 34.6 Å². The largest absolute Gasteiger partial charge is 0.317 e. The Balaban J connectivity index is 2.49. The molecule has 0 atom stereocenters. The molecule has 84 valence electrons. The standard InChI is InChI=1S/C13H27N/c1-12(2,3)13(4,5)10-11-6-8-14-9-7-11/h11,14H,6-10H2,1-5H3. The smallest absolute Gasteiger partial charge is 0.00463 e. The Labute approximate surface area is 89.7 Å². The van der Waals surface area contributed by atoms with E-state index in [1.807, 2.05) is 0 Å². The van der Waals surface area contributed by atoms with Crippen LogP contribution in [-0.2, 0) is 0 Å².